The Hall–Kier alpha value is -2.28. The Balaban J connectivity index is 1.71. The fraction of sp³-hybridized carbons (Fsp3) is 0.500. The van der Waals surface area contributed by atoms with Crippen molar-refractivity contribution >= 4 is 35.2 Å². The molecule has 2 aliphatic rings. The summed E-state index contributed by atoms with van der Waals surface area (Å²) < 4.78 is 0. The molecule has 3 rings (SSSR count). The second kappa shape index (κ2) is 6.79. The number of amides is 3. The highest BCUT2D eigenvalue weighted by atomic mass is 35.5. The van der Waals surface area contributed by atoms with Gasteiger partial charge in [0, 0.05) is 26.6 Å². The van der Waals surface area contributed by atoms with E-state index in [1.54, 1.807) is 22.9 Å². The highest BCUT2D eigenvalue weighted by molar-refractivity contribution is 6.33. The Morgan fingerprint density at radius 3 is 2.54 bits per heavy atom. The molecule has 7 nitrogen and oxygen atoms in total. The maximum atomic E-state index is 12.6. The lowest BCUT2D eigenvalue weighted by molar-refractivity contribution is -0.145. The molecule has 140 valence electrons. The Kier molecular flexibility index (Phi) is 4.84. The number of aryl methyl sites for hydroxylation is 1. The maximum absolute atomic E-state index is 12.6. The first-order valence-electron chi connectivity index (χ1n) is 8.57. The topological polar surface area (TPSA) is 90.0 Å². The molecule has 0 unspecified atom stereocenters. The van der Waals surface area contributed by atoms with E-state index in [0.717, 1.165) is 5.56 Å². The van der Waals surface area contributed by atoms with Crippen molar-refractivity contribution in [1.82, 2.24) is 9.80 Å². The molecule has 2 saturated heterocycles. The van der Waals surface area contributed by atoms with Crippen molar-refractivity contribution < 1.29 is 19.5 Å². The molecule has 8 heteroatoms. The summed E-state index contributed by atoms with van der Waals surface area (Å²) in [4.78, 5) is 39.5. The first-order chi connectivity index (χ1) is 12.3. The van der Waals surface area contributed by atoms with Crippen LogP contribution in [-0.4, -0.2) is 58.5 Å². The van der Waals surface area contributed by atoms with E-state index in [0.29, 0.717) is 36.6 Å². The highest BCUT2D eigenvalue weighted by Gasteiger charge is 2.55. The average Bonchev–Trinajstić information content (AvgIpc) is 2.84. The van der Waals surface area contributed by atoms with Gasteiger partial charge in [0.25, 0.3) is 0 Å². The van der Waals surface area contributed by atoms with Crippen molar-refractivity contribution in [3.8, 4) is 0 Å². The molecule has 2 N–H and O–H groups in total. The monoisotopic (exact) mass is 379 g/mol. The largest absolute Gasteiger partial charge is 0.481 e. The van der Waals surface area contributed by atoms with Crippen molar-refractivity contribution in [2.24, 2.45) is 5.92 Å². The number of likely N-dealkylation sites (tertiary alicyclic amines) is 2. The minimum absolute atomic E-state index is 0.0247. The quantitative estimate of drug-likeness (QED) is 0.826. The number of carboxylic acids is 1. The van der Waals surface area contributed by atoms with Crippen molar-refractivity contribution in [3.05, 3.63) is 28.8 Å². The number of nitrogens with zero attached hydrogens (tertiary/aromatic N) is 2. The fourth-order valence-corrected chi connectivity index (χ4v) is 4.33. The number of hydrogen-bond acceptors (Lipinski definition) is 3. The second-order valence-electron chi connectivity index (χ2n) is 7.00. The van der Waals surface area contributed by atoms with Crippen LogP contribution in [-0.2, 0) is 9.59 Å². The van der Waals surface area contributed by atoms with Gasteiger partial charge in [0.15, 0.2) is 0 Å². The number of urea groups is 1. The van der Waals surface area contributed by atoms with Crippen molar-refractivity contribution in [2.45, 2.75) is 31.7 Å². The Bertz CT molecular complexity index is 739. The molecule has 0 saturated carbocycles. The average molecular weight is 380 g/mol. The molecular formula is C18H22ClN3O4. The van der Waals surface area contributed by atoms with Gasteiger partial charge < -0.3 is 20.2 Å². The van der Waals surface area contributed by atoms with E-state index in [1.807, 2.05) is 19.1 Å². The molecule has 1 spiro atoms. The van der Waals surface area contributed by atoms with Crippen LogP contribution in [0.1, 0.15) is 24.8 Å². The van der Waals surface area contributed by atoms with Gasteiger partial charge in [-0.15, -0.1) is 0 Å². The number of hydrogen-bond donors (Lipinski definition) is 2. The van der Waals surface area contributed by atoms with Crippen LogP contribution >= 0.6 is 11.6 Å². The van der Waals surface area contributed by atoms with E-state index < -0.39 is 17.4 Å². The third-order valence-corrected chi connectivity index (χ3v) is 6.05. The Labute approximate surface area is 156 Å². The zero-order valence-corrected chi connectivity index (χ0v) is 15.5. The lowest BCUT2D eigenvalue weighted by Crippen LogP contribution is -2.57. The number of rotatable bonds is 2. The van der Waals surface area contributed by atoms with Crippen LogP contribution in [0, 0.1) is 12.8 Å². The lowest BCUT2D eigenvalue weighted by atomic mass is 9.77. The lowest BCUT2D eigenvalue weighted by Gasteiger charge is -2.45. The molecule has 1 aromatic rings. The smallest absolute Gasteiger partial charge is 0.321 e. The van der Waals surface area contributed by atoms with Crippen LogP contribution in [0.25, 0.3) is 0 Å². The molecule has 0 bridgehead atoms. The van der Waals surface area contributed by atoms with Gasteiger partial charge in [-0.1, -0.05) is 23.7 Å². The predicted octanol–water partition coefficient (Wildman–Crippen LogP) is 2.58. The number of nitrogens with one attached hydrogen (secondary N) is 1. The number of carbonyl (C=O) groups is 3. The van der Waals surface area contributed by atoms with E-state index in [4.69, 9.17) is 11.6 Å². The molecule has 1 aromatic carbocycles. The van der Waals surface area contributed by atoms with E-state index >= 15 is 0 Å². The van der Waals surface area contributed by atoms with Gasteiger partial charge in [0.05, 0.1) is 22.2 Å². The minimum Gasteiger partial charge on any atom is -0.481 e. The fourth-order valence-electron chi connectivity index (χ4n) is 4.06. The maximum Gasteiger partial charge on any atom is 0.321 e. The normalized spacial score (nSPS) is 22.0. The van der Waals surface area contributed by atoms with Crippen molar-refractivity contribution in [2.75, 3.05) is 25.5 Å². The van der Waals surface area contributed by atoms with Crippen molar-refractivity contribution in [1.29, 1.82) is 0 Å². The number of aliphatic carboxylic acids is 1. The predicted molar refractivity (Wildman–Crippen MR) is 97.3 cm³/mol. The number of carbonyl (C=O) groups excluding carboxylic acids is 2. The van der Waals surface area contributed by atoms with Gasteiger partial charge in [0.1, 0.15) is 0 Å². The van der Waals surface area contributed by atoms with Crippen LogP contribution in [0.5, 0.6) is 0 Å². The van der Waals surface area contributed by atoms with Crippen molar-refractivity contribution in [3.63, 3.8) is 0 Å². The second-order valence-corrected chi connectivity index (χ2v) is 7.41. The van der Waals surface area contributed by atoms with Crippen LogP contribution in [0.15, 0.2) is 18.2 Å². The zero-order valence-electron chi connectivity index (χ0n) is 14.8. The first-order valence-corrected chi connectivity index (χ1v) is 8.94. The van der Waals surface area contributed by atoms with Gasteiger partial charge >= 0.3 is 12.0 Å². The van der Waals surface area contributed by atoms with Gasteiger partial charge in [0.2, 0.25) is 5.91 Å². The SMILES string of the molecule is Cc1cccc(Cl)c1NC(=O)N1CCC2(CC1)[C@@H](C(=O)O)CC(=O)N2C. The number of halogens is 1. The molecule has 0 aromatic heterocycles. The number of piperidine rings is 1. The number of carboxylic acid groups (broad SMARTS) is 1. The number of benzene rings is 1. The molecule has 2 fully saturated rings. The molecule has 3 amide bonds. The molecule has 26 heavy (non-hydrogen) atoms. The van der Waals surface area contributed by atoms with E-state index in [9.17, 15) is 19.5 Å². The van der Waals surface area contributed by atoms with Gasteiger partial charge in [-0.25, -0.2) is 4.79 Å². The summed E-state index contributed by atoms with van der Waals surface area (Å²) in [6.07, 6.45) is 0.916. The summed E-state index contributed by atoms with van der Waals surface area (Å²) in [5.41, 5.74) is 0.738. The van der Waals surface area contributed by atoms with Crippen LogP contribution in [0.3, 0.4) is 0 Å². The van der Waals surface area contributed by atoms with E-state index in [-0.39, 0.29) is 18.4 Å². The molecule has 1 atom stereocenters. The van der Waals surface area contributed by atoms with Gasteiger partial charge in [-0.3, -0.25) is 9.59 Å². The zero-order chi connectivity index (χ0) is 19.1. The summed E-state index contributed by atoms with van der Waals surface area (Å²) in [6.45, 7) is 2.64. The minimum atomic E-state index is -0.952. The highest BCUT2D eigenvalue weighted by Crippen LogP contribution is 2.43. The summed E-state index contributed by atoms with van der Waals surface area (Å²) in [5.74, 6) is -1.83. The number of anilines is 1. The van der Waals surface area contributed by atoms with Crippen LogP contribution in [0.4, 0.5) is 10.5 Å². The molecule has 0 radical (unpaired) electrons. The molecule has 0 aliphatic carbocycles. The summed E-state index contributed by atoms with van der Waals surface area (Å²) in [6, 6.07) is 5.13. The van der Waals surface area contributed by atoms with Gasteiger partial charge in [-0.05, 0) is 31.4 Å². The molecule has 2 aliphatic heterocycles. The third kappa shape index (κ3) is 3.00. The van der Waals surface area contributed by atoms with Crippen LogP contribution in [0.2, 0.25) is 5.02 Å². The summed E-state index contributed by atoms with van der Waals surface area (Å²) in [7, 11) is 1.66. The first kappa shape index (κ1) is 18.5. The Morgan fingerprint density at radius 1 is 1.31 bits per heavy atom. The molecular weight excluding hydrogens is 358 g/mol. The summed E-state index contributed by atoms with van der Waals surface area (Å²) >= 11 is 6.16. The van der Waals surface area contributed by atoms with E-state index in [2.05, 4.69) is 5.32 Å². The van der Waals surface area contributed by atoms with Crippen LogP contribution < -0.4 is 5.32 Å². The number of para-hydroxylation sites is 1. The standard InChI is InChI=1S/C18H22ClN3O4/c1-11-4-3-5-13(19)15(11)20-17(26)22-8-6-18(7-9-22)12(16(24)25)10-14(23)21(18)2/h3-5,12H,6-10H2,1-2H3,(H,20,26)(H,24,25)/t12-/m1/s1. The summed E-state index contributed by atoms with van der Waals surface area (Å²) in [5, 5.41) is 12.8. The Morgan fingerprint density at radius 2 is 1.96 bits per heavy atom. The molecule has 2 heterocycles. The van der Waals surface area contributed by atoms with E-state index in [1.165, 1.54) is 0 Å². The third-order valence-electron chi connectivity index (χ3n) is 5.74. The van der Waals surface area contributed by atoms with Gasteiger partial charge in [-0.2, -0.15) is 0 Å².